The van der Waals surface area contributed by atoms with Gasteiger partial charge in [-0.1, -0.05) is 6.07 Å². The molecule has 2 aromatic carbocycles. The van der Waals surface area contributed by atoms with Gasteiger partial charge in [-0.25, -0.2) is 0 Å². The summed E-state index contributed by atoms with van der Waals surface area (Å²) in [5.74, 6) is 0.281. The molecule has 0 bridgehead atoms. The average molecular weight is 316 g/mol. The maximum absolute atomic E-state index is 11.9. The molecule has 0 aromatic heterocycles. The highest BCUT2D eigenvalue weighted by Crippen LogP contribution is 2.47. The number of ether oxygens (including phenoxy) is 3. The number of esters is 1. The van der Waals surface area contributed by atoms with Crippen LogP contribution in [0.4, 0.5) is 0 Å². The van der Waals surface area contributed by atoms with E-state index in [1.54, 1.807) is 12.1 Å². The predicted octanol–water partition coefficient (Wildman–Crippen LogP) is 2.56. The molecule has 0 radical (unpaired) electrons. The minimum Gasteiger partial charge on any atom is -0.508 e. The average Bonchev–Trinajstić information content (AvgIpc) is 2.53. The zero-order valence-corrected chi connectivity index (χ0v) is 12.7. The van der Waals surface area contributed by atoms with E-state index in [1.807, 2.05) is 0 Å². The van der Waals surface area contributed by atoms with E-state index in [-0.39, 0.29) is 29.6 Å². The molecule has 0 saturated carbocycles. The minimum absolute atomic E-state index is 0.0209. The van der Waals surface area contributed by atoms with Gasteiger partial charge in [-0.2, -0.15) is 0 Å². The van der Waals surface area contributed by atoms with Crippen LogP contribution in [0.1, 0.15) is 23.5 Å². The van der Waals surface area contributed by atoms with E-state index in [9.17, 15) is 15.0 Å². The van der Waals surface area contributed by atoms with Gasteiger partial charge in [0.25, 0.3) is 0 Å². The van der Waals surface area contributed by atoms with Crippen molar-refractivity contribution in [3.05, 3.63) is 41.5 Å². The summed E-state index contributed by atoms with van der Waals surface area (Å²) in [6, 6.07) is 7.77. The van der Waals surface area contributed by atoms with Gasteiger partial charge in [0.05, 0.1) is 20.6 Å². The fourth-order valence-corrected chi connectivity index (χ4v) is 2.81. The van der Waals surface area contributed by atoms with E-state index in [2.05, 4.69) is 0 Å². The number of benzene rings is 2. The van der Waals surface area contributed by atoms with Crippen molar-refractivity contribution < 1.29 is 29.2 Å². The topological polar surface area (TPSA) is 85.2 Å². The molecule has 1 atom stereocenters. The molecule has 23 heavy (non-hydrogen) atoms. The van der Waals surface area contributed by atoms with Crippen LogP contribution >= 0.6 is 0 Å². The number of rotatable bonds is 3. The summed E-state index contributed by atoms with van der Waals surface area (Å²) in [6.45, 7) is 0. The highest BCUT2D eigenvalue weighted by atomic mass is 16.5. The number of phenolic OH excluding ortho intramolecular Hbond substituents is 2. The molecule has 6 nitrogen and oxygen atoms in total. The van der Waals surface area contributed by atoms with Crippen LogP contribution in [0.2, 0.25) is 0 Å². The van der Waals surface area contributed by atoms with Crippen molar-refractivity contribution in [1.29, 1.82) is 0 Å². The lowest BCUT2D eigenvalue weighted by atomic mass is 9.85. The number of carbonyl (C=O) groups excluding carboxylic acids is 1. The van der Waals surface area contributed by atoms with E-state index in [4.69, 9.17) is 14.2 Å². The summed E-state index contributed by atoms with van der Waals surface area (Å²) in [5.41, 5.74) is 1.46. The van der Waals surface area contributed by atoms with Crippen LogP contribution in [0.3, 0.4) is 0 Å². The number of hydrogen-bond acceptors (Lipinski definition) is 6. The van der Waals surface area contributed by atoms with Crippen LogP contribution in [0, 0.1) is 0 Å². The molecule has 0 fully saturated rings. The van der Waals surface area contributed by atoms with Crippen LogP contribution in [0.25, 0.3) is 0 Å². The maximum Gasteiger partial charge on any atom is 0.312 e. The first-order valence-electron chi connectivity index (χ1n) is 7.02. The molecular formula is C17H16O6. The van der Waals surface area contributed by atoms with Crippen LogP contribution in [0.5, 0.6) is 28.7 Å². The fraction of sp³-hybridized carbons (Fsp3) is 0.235. The van der Waals surface area contributed by atoms with Gasteiger partial charge in [0.1, 0.15) is 17.2 Å². The molecule has 0 unspecified atom stereocenters. The first kappa shape index (κ1) is 15.0. The van der Waals surface area contributed by atoms with Gasteiger partial charge in [0, 0.05) is 23.6 Å². The molecule has 1 aliphatic rings. The molecule has 2 aromatic rings. The second-order valence-corrected chi connectivity index (χ2v) is 5.22. The highest BCUT2D eigenvalue weighted by Gasteiger charge is 2.32. The quantitative estimate of drug-likeness (QED) is 0.668. The lowest BCUT2D eigenvalue weighted by Crippen LogP contribution is -2.21. The summed E-state index contributed by atoms with van der Waals surface area (Å²) in [4.78, 5) is 11.9. The lowest BCUT2D eigenvalue weighted by Gasteiger charge is -2.27. The molecule has 3 rings (SSSR count). The number of phenols is 2. The lowest BCUT2D eigenvalue weighted by molar-refractivity contribution is -0.135. The van der Waals surface area contributed by atoms with Crippen molar-refractivity contribution in [2.45, 2.75) is 12.3 Å². The predicted molar refractivity (Wildman–Crippen MR) is 81.4 cm³/mol. The third-order valence-corrected chi connectivity index (χ3v) is 3.86. The molecule has 2 N–H and O–H groups in total. The van der Waals surface area contributed by atoms with Crippen molar-refractivity contribution in [2.75, 3.05) is 14.2 Å². The molecule has 1 aliphatic heterocycles. The first-order chi connectivity index (χ1) is 11.0. The summed E-state index contributed by atoms with van der Waals surface area (Å²) >= 11 is 0. The Balaban J connectivity index is 2.17. The number of carbonyl (C=O) groups is 1. The number of hydrogen-bond donors (Lipinski definition) is 2. The summed E-state index contributed by atoms with van der Waals surface area (Å²) < 4.78 is 15.7. The van der Waals surface area contributed by atoms with Gasteiger partial charge in [-0.3, -0.25) is 4.79 Å². The molecule has 120 valence electrons. The Morgan fingerprint density at radius 2 is 1.83 bits per heavy atom. The monoisotopic (exact) mass is 316 g/mol. The minimum atomic E-state index is -0.401. The summed E-state index contributed by atoms with van der Waals surface area (Å²) in [5, 5.41) is 19.5. The third-order valence-electron chi connectivity index (χ3n) is 3.86. The largest absolute Gasteiger partial charge is 0.508 e. The molecular weight excluding hydrogens is 300 g/mol. The van der Waals surface area contributed by atoms with E-state index >= 15 is 0 Å². The van der Waals surface area contributed by atoms with Crippen molar-refractivity contribution >= 4 is 5.97 Å². The van der Waals surface area contributed by atoms with Crippen LogP contribution in [0.15, 0.2) is 30.3 Å². The standard InChI is InChI=1S/C17H16O6/c1-21-13-5-9(3-4-12(13)19)11-8-16(20)23-15-7-10(18)6-14(22-2)17(11)15/h3-7,11,18-19H,8H2,1-2H3/t11-/m1/s1. The van der Waals surface area contributed by atoms with Gasteiger partial charge >= 0.3 is 5.97 Å². The van der Waals surface area contributed by atoms with Crippen LogP contribution in [-0.4, -0.2) is 30.4 Å². The van der Waals surface area contributed by atoms with E-state index in [1.165, 1.54) is 32.4 Å². The second-order valence-electron chi connectivity index (χ2n) is 5.22. The van der Waals surface area contributed by atoms with Gasteiger partial charge in [-0.15, -0.1) is 0 Å². The molecule has 0 saturated heterocycles. The van der Waals surface area contributed by atoms with E-state index in [0.29, 0.717) is 17.1 Å². The highest BCUT2D eigenvalue weighted by molar-refractivity contribution is 5.79. The van der Waals surface area contributed by atoms with Gasteiger partial charge in [0.2, 0.25) is 0 Å². The third kappa shape index (κ3) is 2.63. The summed E-state index contributed by atoms with van der Waals surface area (Å²) in [7, 11) is 2.94. The van der Waals surface area contributed by atoms with Crippen molar-refractivity contribution in [2.24, 2.45) is 0 Å². The Bertz CT molecular complexity index is 768. The first-order valence-corrected chi connectivity index (χ1v) is 7.02. The zero-order chi connectivity index (χ0) is 16.6. The number of fused-ring (bicyclic) bond motifs is 1. The Hall–Kier alpha value is -2.89. The number of aromatic hydroxyl groups is 2. The molecule has 0 amide bonds. The number of methoxy groups -OCH3 is 2. The van der Waals surface area contributed by atoms with Crippen molar-refractivity contribution in [1.82, 2.24) is 0 Å². The van der Waals surface area contributed by atoms with E-state index in [0.717, 1.165) is 5.56 Å². The van der Waals surface area contributed by atoms with Crippen molar-refractivity contribution in [3.8, 4) is 28.7 Å². The molecule has 6 heteroatoms. The van der Waals surface area contributed by atoms with Gasteiger partial charge in [0.15, 0.2) is 11.5 Å². The Morgan fingerprint density at radius 3 is 2.52 bits per heavy atom. The molecule has 0 aliphatic carbocycles. The Labute approximate surface area is 132 Å². The fourth-order valence-electron chi connectivity index (χ4n) is 2.81. The maximum atomic E-state index is 11.9. The van der Waals surface area contributed by atoms with Gasteiger partial charge in [-0.05, 0) is 17.7 Å². The van der Waals surface area contributed by atoms with Crippen LogP contribution < -0.4 is 14.2 Å². The zero-order valence-electron chi connectivity index (χ0n) is 12.7. The van der Waals surface area contributed by atoms with Gasteiger partial charge < -0.3 is 24.4 Å². The molecule has 0 spiro atoms. The second kappa shape index (κ2) is 5.72. The normalized spacial score (nSPS) is 16.4. The summed E-state index contributed by atoms with van der Waals surface area (Å²) in [6.07, 6.45) is 0.127. The van der Waals surface area contributed by atoms with Crippen molar-refractivity contribution in [3.63, 3.8) is 0 Å². The van der Waals surface area contributed by atoms with E-state index < -0.39 is 5.97 Å². The SMILES string of the molecule is COc1cc([C@H]2CC(=O)Oc3cc(O)cc(OC)c32)ccc1O. The molecule has 1 heterocycles. The Morgan fingerprint density at radius 1 is 1.09 bits per heavy atom. The van der Waals surface area contributed by atoms with Crippen LogP contribution in [-0.2, 0) is 4.79 Å². The Kier molecular flexibility index (Phi) is 3.73. The smallest absolute Gasteiger partial charge is 0.312 e.